The molecule has 2 aliphatic rings. The molecule has 2 aliphatic heterocycles. The SMILES string of the molecule is Cl.O=C(NO)c1cnc(N2CCC3(CCN(Cc4ccsc4)C3)CC2)nc1. The first-order chi connectivity index (χ1) is 12.7. The van der Waals surface area contributed by atoms with Crippen molar-refractivity contribution in [3.63, 3.8) is 0 Å². The molecule has 0 aliphatic carbocycles. The summed E-state index contributed by atoms with van der Waals surface area (Å²) in [5.41, 5.74) is 3.69. The van der Waals surface area contributed by atoms with E-state index in [1.54, 1.807) is 16.8 Å². The Kier molecular flexibility index (Phi) is 6.31. The summed E-state index contributed by atoms with van der Waals surface area (Å²) in [6.07, 6.45) is 6.47. The van der Waals surface area contributed by atoms with Crippen molar-refractivity contribution in [2.75, 3.05) is 31.1 Å². The summed E-state index contributed by atoms with van der Waals surface area (Å²) >= 11 is 1.77. The number of anilines is 1. The van der Waals surface area contributed by atoms with Crippen molar-refractivity contribution in [3.05, 3.63) is 40.3 Å². The van der Waals surface area contributed by atoms with Crippen molar-refractivity contribution < 1.29 is 10.0 Å². The summed E-state index contributed by atoms with van der Waals surface area (Å²) in [4.78, 5) is 24.7. The quantitative estimate of drug-likeness (QED) is 0.596. The fraction of sp³-hybridized carbons (Fsp3) is 0.500. The molecule has 146 valence electrons. The lowest BCUT2D eigenvalue weighted by atomic mass is 9.78. The van der Waals surface area contributed by atoms with Crippen LogP contribution in [0.4, 0.5) is 5.95 Å². The molecule has 7 nitrogen and oxygen atoms in total. The normalized spacial score (nSPS) is 19.1. The average Bonchev–Trinajstić information content (AvgIpc) is 3.33. The Hall–Kier alpha value is -1.74. The number of piperidine rings is 1. The number of rotatable bonds is 4. The van der Waals surface area contributed by atoms with Crippen molar-refractivity contribution >= 4 is 35.6 Å². The lowest BCUT2D eigenvalue weighted by Crippen LogP contribution is -2.42. The Morgan fingerprint density at radius 1 is 1.22 bits per heavy atom. The third kappa shape index (κ3) is 4.40. The maximum absolute atomic E-state index is 11.4. The maximum atomic E-state index is 11.4. The van der Waals surface area contributed by atoms with Gasteiger partial charge in [-0.1, -0.05) is 0 Å². The third-order valence-corrected chi connectivity index (χ3v) is 6.34. The molecule has 9 heteroatoms. The van der Waals surface area contributed by atoms with Gasteiger partial charge in [-0.25, -0.2) is 15.4 Å². The second-order valence-electron chi connectivity index (χ2n) is 7.29. The molecular formula is C18H24ClN5O2S. The molecule has 2 aromatic heterocycles. The summed E-state index contributed by atoms with van der Waals surface area (Å²) in [7, 11) is 0. The minimum Gasteiger partial charge on any atom is -0.341 e. The van der Waals surface area contributed by atoms with Crippen LogP contribution in [0.5, 0.6) is 0 Å². The summed E-state index contributed by atoms with van der Waals surface area (Å²) in [5.74, 6) is 0.0632. The van der Waals surface area contributed by atoms with E-state index < -0.39 is 5.91 Å². The first-order valence-corrected chi connectivity index (χ1v) is 9.87. The summed E-state index contributed by atoms with van der Waals surface area (Å²) in [5, 5.41) is 13.0. The van der Waals surface area contributed by atoms with Crippen LogP contribution in [0.1, 0.15) is 35.2 Å². The Balaban J connectivity index is 0.00000210. The van der Waals surface area contributed by atoms with Crippen LogP contribution in [0.25, 0.3) is 0 Å². The zero-order valence-corrected chi connectivity index (χ0v) is 16.6. The van der Waals surface area contributed by atoms with Gasteiger partial charge in [-0.05, 0) is 53.6 Å². The van der Waals surface area contributed by atoms with E-state index in [0.717, 1.165) is 32.5 Å². The van der Waals surface area contributed by atoms with E-state index in [2.05, 4.69) is 36.6 Å². The van der Waals surface area contributed by atoms with E-state index >= 15 is 0 Å². The Bertz CT molecular complexity index is 748. The maximum Gasteiger partial charge on any atom is 0.277 e. The highest BCUT2D eigenvalue weighted by molar-refractivity contribution is 7.07. The molecule has 2 fully saturated rings. The van der Waals surface area contributed by atoms with Gasteiger partial charge in [0.15, 0.2) is 0 Å². The molecule has 0 unspecified atom stereocenters. The molecule has 2 N–H and O–H groups in total. The smallest absolute Gasteiger partial charge is 0.277 e. The van der Waals surface area contributed by atoms with Crippen molar-refractivity contribution in [1.29, 1.82) is 0 Å². The van der Waals surface area contributed by atoms with E-state index in [1.807, 2.05) is 0 Å². The number of nitrogens with one attached hydrogen (secondary N) is 1. The molecule has 27 heavy (non-hydrogen) atoms. The van der Waals surface area contributed by atoms with Gasteiger partial charge in [-0.3, -0.25) is 14.9 Å². The van der Waals surface area contributed by atoms with Crippen LogP contribution < -0.4 is 10.4 Å². The number of halogens is 1. The molecule has 2 aromatic rings. The largest absolute Gasteiger partial charge is 0.341 e. The number of hydroxylamine groups is 1. The van der Waals surface area contributed by atoms with Crippen LogP contribution >= 0.6 is 23.7 Å². The van der Waals surface area contributed by atoms with Crippen LogP contribution in [-0.4, -0.2) is 52.2 Å². The second-order valence-corrected chi connectivity index (χ2v) is 8.07. The lowest BCUT2D eigenvalue weighted by molar-refractivity contribution is 0.0705. The van der Waals surface area contributed by atoms with E-state index in [0.29, 0.717) is 11.4 Å². The standard InChI is InChI=1S/C18H23N5O2S.ClH/c24-16(21-25)15-9-19-17(20-10-15)23-6-3-18(4-7-23)2-5-22(13-18)11-14-1-8-26-12-14;/h1,8-10,12,25H,2-7,11,13H2,(H,21,24);1H. The molecule has 0 saturated carbocycles. The van der Waals surface area contributed by atoms with Gasteiger partial charge in [0.25, 0.3) is 5.91 Å². The molecule has 0 aromatic carbocycles. The predicted molar refractivity (Wildman–Crippen MR) is 107 cm³/mol. The number of likely N-dealkylation sites (tertiary alicyclic amines) is 1. The molecule has 0 radical (unpaired) electrons. The topological polar surface area (TPSA) is 81.6 Å². The van der Waals surface area contributed by atoms with Gasteiger partial charge in [0.1, 0.15) is 0 Å². The van der Waals surface area contributed by atoms with Crippen LogP contribution in [0.15, 0.2) is 29.2 Å². The molecule has 4 rings (SSSR count). The van der Waals surface area contributed by atoms with Crippen LogP contribution in [-0.2, 0) is 6.54 Å². The zero-order chi connectivity index (χ0) is 18.0. The van der Waals surface area contributed by atoms with Crippen molar-refractivity contribution in [1.82, 2.24) is 20.3 Å². The average molecular weight is 410 g/mol. The summed E-state index contributed by atoms with van der Waals surface area (Å²) in [6.45, 7) is 5.30. The van der Waals surface area contributed by atoms with Crippen LogP contribution in [0.3, 0.4) is 0 Å². The zero-order valence-electron chi connectivity index (χ0n) is 15.0. The predicted octanol–water partition coefficient (Wildman–Crippen LogP) is 2.57. The molecule has 1 amide bonds. The molecule has 0 bridgehead atoms. The first kappa shape index (κ1) is 20.0. The number of carbonyl (C=O) groups is 1. The summed E-state index contributed by atoms with van der Waals surface area (Å²) < 4.78 is 0. The highest BCUT2D eigenvalue weighted by atomic mass is 35.5. The first-order valence-electron chi connectivity index (χ1n) is 8.92. The second kappa shape index (κ2) is 8.52. The highest BCUT2D eigenvalue weighted by Gasteiger charge is 2.40. The molecule has 1 spiro atoms. The Morgan fingerprint density at radius 3 is 2.56 bits per heavy atom. The lowest BCUT2D eigenvalue weighted by Gasteiger charge is -2.39. The number of amides is 1. The number of thiophene rings is 1. The van der Waals surface area contributed by atoms with Crippen LogP contribution in [0, 0.1) is 5.41 Å². The monoisotopic (exact) mass is 409 g/mol. The van der Waals surface area contributed by atoms with Gasteiger partial charge in [0, 0.05) is 38.6 Å². The van der Waals surface area contributed by atoms with Gasteiger partial charge >= 0.3 is 0 Å². The fourth-order valence-corrected chi connectivity index (χ4v) is 4.72. The highest BCUT2D eigenvalue weighted by Crippen LogP contribution is 2.41. The number of nitrogens with zero attached hydrogens (tertiary/aromatic N) is 4. The molecule has 4 heterocycles. The fourth-order valence-electron chi connectivity index (χ4n) is 4.06. The van der Waals surface area contributed by atoms with Crippen molar-refractivity contribution in [2.45, 2.75) is 25.8 Å². The molecule has 2 saturated heterocycles. The number of aromatic nitrogens is 2. The number of hydrogen-bond acceptors (Lipinski definition) is 7. The van der Waals surface area contributed by atoms with Gasteiger partial charge in [-0.15, -0.1) is 12.4 Å². The molecule has 0 atom stereocenters. The molecular weight excluding hydrogens is 386 g/mol. The van der Waals surface area contributed by atoms with E-state index in [9.17, 15) is 4.79 Å². The van der Waals surface area contributed by atoms with Crippen LogP contribution in [0.2, 0.25) is 0 Å². The van der Waals surface area contributed by atoms with Gasteiger partial charge in [0.2, 0.25) is 5.95 Å². The number of carbonyl (C=O) groups excluding carboxylic acids is 1. The van der Waals surface area contributed by atoms with Gasteiger partial charge < -0.3 is 4.90 Å². The van der Waals surface area contributed by atoms with Gasteiger partial charge in [-0.2, -0.15) is 11.3 Å². The third-order valence-electron chi connectivity index (χ3n) is 5.61. The van der Waals surface area contributed by atoms with Crippen molar-refractivity contribution in [2.24, 2.45) is 5.41 Å². The summed E-state index contributed by atoms with van der Waals surface area (Å²) in [6, 6.07) is 2.22. The minimum atomic E-state index is -0.592. The minimum absolute atomic E-state index is 0. The number of hydrogen-bond donors (Lipinski definition) is 2. The van der Waals surface area contributed by atoms with Gasteiger partial charge in [0.05, 0.1) is 5.56 Å². The van der Waals surface area contributed by atoms with E-state index in [1.165, 1.54) is 37.5 Å². The Morgan fingerprint density at radius 2 is 1.93 bits per heavy atom. The Labute approximate surface area is 168 Å². The van der Waals surface area contributed by atoms with Crippen molar-refractivity contribution in [3.8, 4) is 0 Å². The van der Waals surface area contributed by atoms with E-state index in [-0.39, 0.29) is 18.0 Å². The van der Waals surface area contributed by atoms with E-state index in [4.69, 9.17) is 5.21 Å².